The predicted octanol–water partition coefficient (Wildman–Crippen LogP) is 16.1. The van der Waals surface area contributed by atoms with E-state index < -0.39 is 8.07 Å². The van der Waals surface area contributed by atoms with Gasteiger partial charge in [-0.15, -0.1) is 0 Å². The van der Waals surface area contributed by atoms with Crippen molar-refractivity contribution in [3.05, 3.63) is 276 Å². The Morgan fingerprint density at radius 2 is 0.835 bits per heavy atom. The number of rotatable bonds is 11. The molecule has 0 spiro atoms. The first kappa shape index (κ1) is 51.5. The van der Waals surface area contributed by atoms with Crippen molar-refractivity contribution in [1.82, 2.24) is 9.55 Å². The van der Waals surface area contributed by atoms with Crippen molar-refractivity contribution in [3.63, 3.8) is 0 Å². The first-order valence-electron chi connectivity index (χ1n) is 28.1. The molecule has 11 aromatic rings. The Morgan fingerprint density at radius 1 is 0.342 bits per heavy atom. The van der Waals surface area contributed by atoms with E-state index in [1.54, 1.807) is 0 Å². The third kappa shape index (κ3) is 8.99. The van der Waals surface area contributed by atoms with Crippen LogP contribution in [0.3, 0.4) is 0 Å². The summed E-state index contributed by atoms with van der Waals surface area (Å²) >= 11 is 0. The van der Waals surface area contributed by atoms with Crippen molar-refractivity contribution in [2.24, 2.45) is 0 Å². The van der Waals surface area contributed by atoms with Crippen LogP contribution in [-0.2, 0) is 21.7 Å². The van der Waals surface area contributed by atoms with Gasteiger partial charge in [-0.3, -0.25) is 4.57 Å². The molecular formula is C74H72N4Si. The summed E-state index contributed by atoms with van der Waals surface area (Å²) in [6.07, 6.45) is 2.00. The van der Waals surface area contributed by atoms with Crippen molar-refractivity contribution < 1.29 is 0 Å². The average Bonchev–Trinajstić information content (AvgIpc) is 3.65. The maximum absolute atomic E-state index is 5.27. The fourth-order valence-corrected chi connectivity index (χ4v) is 17.2. The molecule has 0 unspecified atom stereocenters. The van der Waals surface area contributed by atoms with Crippen LogP contribution in [0.4, 0.5) is 22.7 Å². The molecule has 0 N–H and O–H groups in total. The van der Waals surface area contributed by atoms with E-state index in [2.05, 4.69) is 320 Å². The van der Waals surface area contributed by atoms with Crippen LogP contribution < -0.4 is 30.5 Å². The second-order valence-electron chi connectivity index (χ2n) is 25.0. The van der Waals surface area contributed by atoms with Crippen LogP contribution in [0.2, 0.25) is 0 Å². The highest BCUT2D eigenvalue weighted by Gasteiger charge is 2.43. The minimum absolute atomic E-state index is 0.00839. The molecule has 0 fully saturated rings. The number of anilines is 4. The zero-order valence-corrected chi connectivity index (χ0v) is 48.6. The number of benzene rings is 9. The molecule has 12 rings (SSSR count). The van der Waals surface area contributed by atoms with Gasteiger partial charge < -0.3 is 9.80 Å². The van der Waals surface area contributed by atoms with Gasteiger partial charge >= 0.3 is 0 Å². The second-order valence-corrected chi connectivity index (χ2v) is 28.8. The minimum atomic E-state index is -3.15. The number of pyridine rings is 1. The number of nitrogens with zero attached hydrogens (tertiary/aromatic N) is 4. The molecule has 0 bridgehead atoms. The molecule has 4 nitrogen and oxygen atoms in total. The molecule has 9 aromatic carbocycles. The van der Waals surface area contributed by atoms with E-state index in [1.807, 2.05) is 6.20 Å². The van der Waals surface area contributed by atoms with Crippen molar-refractivity contribution >= 4 is 73.4 Å². The number of para-hydroxylation sites is 2. The Balaban J connectivity index is 1.08. The van der Waals surface area contributed by atoms with E-state index in [0.29, 0.717) is 6.67 Å². The van der Waals surface area contributed by atoms with Crippen molar-refractivity contribution in [3.8, 4) is 5.82 Å². The van der Waals surface area contributed by atoms with Gasteiger partial charge in [-0.2, -0.15) is 0 Å². The summed E-state index contributed by atoms with van der Waals surface area (Å²) in [5, 5.41) is 7.70. The summed E-state index contributed by atoms with van der Waals surface area (Å²) < 4.78 is 2.44. The van der Waals surface area contributed by atoms with Gasteiger partial charge in [0, 0.05) is 39.2 Å². The van der Waals surface area contributed by atoms with Gasteiger partial charge in [0.2, 0.25) is 0 Å². The van der Waals surface area contributed by atoms with E-state index in [-0.39, 0.29) is 21.7 Å². The Hall–Kier alpha value is -8.25. The van der Waals surface area contributed by atoms with Crippen LogP contribution in [-0.4, -0.2) is 24.3 Å². The third-order valence-corrected chi connectivity index (χ3v) is 22.1. The SMILES string of the molecule is CC(C)(C)c1cc(N2CN(c3cccc([Si](c4ccccc4)(c4ccccc4)c4ccc5c6cc(C(C)(C)c7ccccc7)ccc6n(-c6cc(C(C)(C)c7ccccc7)ccn6)c5c4)c3)c3ccccc32)cc(C(C)(C)C)c1. The van der Waals surface area contributed by atoms with Gasteiger partial charge in [0.15, 0.2) is 8.07 Å². The van der Waals surface area contributed by atoms with Gasteiger partial charge in [0.25, 0.3) is 0 Å². The lowest BCUT2D eigenvalue weighted by Gasteiger charge is -2.35. The van der Waals surface area contributed by atoms with Gasteiger partial charge in [-0.25, -0.2) is 4.98 Å². The zero-order chi connectivity index (χ0) is 54.9. The first-order valence-corrected chi connectivity index (χ1v) is 30.1. The lowest BCUT2D eigenvalue weighted by molar-refractivity contribution is 0.568. The molecule has 3 heterocycles. The fraction of sp³-hybridized carbons (Fsp3) is 0.203. The molecule has 0 amide bonds. The normalized spacial score (nSPS) is 13.3. The smallest absolute Gasteiger partial charge is 0.179 e. The van der Waals surface area contributed by atoms with Crippen molar-refractivity contribution in [1.29, 1.82) is 0 Å². The molecule has 2 aromatic heterocycles. The molecular weight excluding hydrogens is 973 g/mol. The lowest BCUT2D eigenvalue weighted by Crippen LogP contribution is -2.74. The predicted molar refractivity (Wildman–Crippen MR) is 339 cm³/mol. The highest BCUT2D eigenvalue weighted by atomic mass is 28.3. The molecule has 5 heteroatoms. The molecule has 0 atom stereocenters. The maximum Gasteiger partial charge on any atom is 0.179 e. The molecule has 0 aliphatic carbocycles. The summed E-state index contributed by atoms with van der Waals surface area (Å²) in [7, 11) is -3.15. The van der Waals surface area contributed by atoms with Crippen LogP contribution in [0.15, 0.2) is 243 Å². The highest BCUT2D eigenvalue weighted by molar-refractivity contribution is 7.20. The van der Waals surface area contributed by atoms with Gasteiger partial charge in [-0.05, 0) is 132 Å². The summed E-state index contributed by atoms with van der Waals surface area (Å²) in [6.45, 7) is 24.0. The topological polar surface area (TPSA) is 24.3 Å². The molecule has 1 aliphatic rings. The van der Waals surface area contributed by atoms with Crippen LogP contribution in [0, 0.1) is 0 Å². The summed E-state index contributed by atoms with van der Waals surface area (Å²) in [5.41, 5.74) is 14.3. The van der Waals surface area contributed by atoms with E-state index in [1.165, 1.54) is 87.6 Å². The maximum atomic E-state index is 5.27. The monoisotopic (exact) mass is 1040 g/mol. The average molecular weight is 1050 g/mol. The number of fused-ring (bicyclic) bond motifs is 4. The Bertz CT molecular complexity index is 3940. The molecule has 1 aliphatic heterocycles. The van der Waals surface area contributed by atoms with Crippen molar-refractivity contribution in [2.45, 2.75) is 90.9 Å². The summed E-state index contributed by atoms with van der Waals surface area (Å²) in [6, 6.07) is 89.3. The van der Waals surface area contributed by atoms with Gasteiger partial charge in [-0.1, -0.05) is 239 Å². The molecule has 0 radical (unpaired) electrons. The Kier molecular flexibility index (Phi) is 12.8. The van der Waals surface area contributed by atoms with Crippen LogP contribution >= 0.6 is 0 Å². The zero-order valence-electron chi connectivity index (χ0n) is 47.6. The summed E-state index contributed by atoms with van der Waals surface area (Å²) in [4.78, 5) is 10.3. The Morgan fingerprint density at radius 3 is 1.39 bits per heavy atom. The summed E-state index contributed by atoms with van der Waals surface area (Å²) in [5.74, 6) is 0.905. The lowest BCUT2D eigenvalue weighted by atomic mass is 9.78. The Labute approximate surface area is 469 Å². The van der Waals surface area contributed by atoms with Crippen LogP contribution in [0.1, 0.15) is 103 Å². The fourth-order valence-electron chi connectivity index (χ4n) is 12.4. The molecule has 392 valence electrons. The molecule has 0 saturated carbocycles. The van der Waals surface area contributed by atoms with Gasteiger partial charge in [0.05, 0.1) is 22.4 Å². The standard InChI is InChI=1S/C74H72N4Si/c1-71(2,3)56-44-57(72(4,5)6)46-59(45-56)77-51-76(67-36-23-24-37-68(67)77)58-30-25-35-62(49-58)79(60-31-19-13-20-32-60,61-33-21-14-22-34-61)63-39-40-64-65-47-54(73(7,8)52-26-15-11-16-27-52)38-41-66(65)78(69(64)50-63)70-48-55(42-43-75-70)74(9,10)53-28-17-12-18-29-53/h11-50H,51H2,1-10H3. The van der Waals surface area contributed by atoms with Crippen LogP contribution in [0.5, 0.6) is 0 Å². The van der Waals surface area contributed by atoms with E-state index >= 15 is 0 Å². The highest BCUT2D eigenvalue weighted by Crippen LogP contribution is 2.46. The number of hydrogen-bond acceptors (Lipinski definition) is 3. The van der Waals surface area contributed by atoms with Crippen molar-refractivity contribution in [2.75, 3.05) is 16.5 Å². The second kappa shape index (κ2) is 19.6. The number of aromatic nitrogens is 2. The minimum Gasteiger partial charge on any atom is -0.321 e. The van der Waals surface area contributed by atoms with E-state index in [9.17, 15) is 0 Å². The molecule has 0 saturated heterocycles. The van der Waals surface area contributed by atoms with E-state index in [0.717, 1.165) is 16.9 Å². The third-order valence-electron chi connectivity index (χ3n) is 17.3. The van der Waals surface area contributed by atoms with E-state index in [4.69, 9.17) is 4.98 Å². The largest absolute Gasteiger partial charge is 0.321 e. The molecule has 79 heavy (non-hydrogen) atoms. The van der Waals surface area contributed by atoms with Crippen LogP contribution in [0.25, 0.3) is 27.6 Å². The number of hydrogen-bond donors (Lipinski definition) is 0. The quantitative estimate of drug-likeness (QED) is 0.0953. The van der Waals surface area contributed by atoms with Gasteiger partial charge in [0.1, 0.15) is 12.5 Å². The first-order chi connectivity index (χ1) is 37.9.